The largest absolute Gasteiger partial charge is 0.444 e. The molecule has 7 heteroatoms. The van der Waals surface area contributed by atoms with E-state index in [1.165, 1.54) is 0 Å². The monoisotopic (exact) mass is 360 g/mol. The fourth-order valence-electron chi connectivity index (χ4n) is 3.49. The number of ketones is 1. The molecule has 26 heavy (non-hydrogen) atoms. The second-order valence-electron chi connectivity index (χ2n) is 8.18. The molecule has 3 heterocycles. The topological polar surface area (TPSA) is 75.6 Å². The van der Waals surface area contributed by atoms with Crippen molar-refractivity contribution < 1.29 is 14.3 Å². The van der Waals surface area contributed by atoms with Gasteiger partial charge in [-0.2, -0.15) is 0 Å². The Labute approximate surface area is 154 Å². The number of fused-ring (bicyclic) bond motifs is 1. The van der Waals surface area contributed by atoms with Crippen LogP contribution >= 0.6 is 0 Å². The highest BCUT2D eigenvalue weighted by Crippen LogP contribution is 2.28. The van der Waals surface area contributed by atoms with Crippen molar-refractivity contribution in [1.29, 1.82) is 0 Å². The van der Waals surface area contributed by atoms with E-state index < -0.39 is 5.60 Å². The van der Waals surface area contributed by atoms with E-state index in [1.807, 2.05) is 27.7 Å². The SMILES string of the molecule is Cc1ncc2c(n1)N(CC1CCN(C(=O)OC(C)(C)C)CC1)CCC2=O. The number of hydrogen-bond acceptors (Lipinski definition) is 6. The number of hydrogen-bond donors (Lipinski definition) is 0. The van der Waals surface area contributed by atoms with Crippen LogP contribution in [0.5, 0.6) is 0 Å². The predicted molar refractivity (Wildman–Crippen MR) is 98.5 cm³/mol. The number of ether oxygens (including phenoxy) is 1. The number of anilines is 1. The molecule has 3 rings (SSSR count). The van der Waals surface area contributed by atoms with E-state index in [2.05, 4.69) is 14.9 Å². The Morgan fingerprint density at radius 1 is 1.27 bits per heavy atom. The van der Waals surface area contributed by atoms with E-state index in [1.54, 1.807) is 11.1 Å². The van der Waals surface area contributed by atoms with Gasteiger partial charge < -0.3 is 14.5 Å². The standard InChI is InChI=1S/C19H28N4O3/c1-13-20-11-15-16(24)7-10-23(17(15)21-13)12-14-5-8-22(9-6-14)18(25)26-19(2,3)4/h11,14H,5-10,12H2,1-4H3. The van der Waals surface area contributed by atoms with Gasteiger partial charge in [0.05, 0.1) is 5.56 Å². The van der Waals surface area contributed by atoms with Gasteiger partial charge in [0.1, 0.15) is 17.2 Å². The highest BCUT2D eigenvalue weighted by molar-refractivity contribution is 6.02. The minimum Gasteiger partial charge on any atom is -0.444 e. The van der Waals surface area contributed by atoms with Gasteiger partial charge in [-0.05, 0) is 46.5 Å². The maximum Gasteiger partial charge on any atom is 0.410 e. The number of carbonyl (C=O) groups is 2. The van der Waals surface area contributed by atoms with Crippen LogP contribution in [-0.2, 0) is 4.74 Å². The van der Waals surface area contributed by atoms with E-state index >= 15 is 0 Å². The molecule has 1 saturated heterocycles. The van der Waals surface area contributed by atoms with Crippen LogP contribution in [0.3, 0.4) is 0 Å². The first-order valence-corrected chi connectivity index (χ1v) is 9.32. The van der Waals surface area contributed by atoms with Crippen molar-refractivity contribution in [3.05, 3.63) is 17.6 Å². The fraction of sp³-hybridized carbons (Fsp3) is 0.684. The third-order valence-electron chi connectivity index (χ3n) is 4.84. The van der Waals surface area contributed by atoms with Gasteiger partial charge in [-0.1, -0.05) is 0 Å². The van der Waals surface area contributed by atoms with Gasteiger partial charge in [0.15, 0.2) is 5.78 Å². The number of carbonyl (C=O) groups excluding carboxylic acids is 2. The van der Waals surface area contributed by atoms with Gasteiger partial charge in [0.2, 0.25) is 0 Å². The molecule has 0 atom stereocenters. The summed E-state index contributed by atoms with van der Waals surface area (Å²) in [5.41, 5.74) is 0.170. The number of aryl methyl sites for hydroxylation is 1. The Kier molecular flexibility index (Phi) is 5.16. The Morgan fingerprint density at radius 3 is 2.62 bits per heavy atom. The zero-order valence-corrected chi connectivity index (χ0v) is 16.1. The number of Topliss-reactive ketones (excluding diaryl/α,β-unsaturated/α-hetero) is 1. The lowest BCUT2D eigenvalue weighted by molar-refractivity contribution is 0.0186. The molecular weight excluding hydrogens is 332 g/mol. The molecule has 0 saturated carbocycles. The smallest absolute Gasteiger partial charge is 0.410 e. The molecule has 7 nitrogen and oxygen atoms in total. The molecule has 1 fully saturated rings. The summed E-state index contributed by atoms with van der Waals surface area (Å²) in [6.45, 7) is 10.5. The van der Waals surface area contributed by atoms with Gasteiger partial charge in [-0.15, -0.1) is 0 Å². The highest BCUT2D eigenvalue weighted by Gasteiger charge is 2.30. The van der Waals surface area contributed by atoms with Crippen molar-refractivity contribution in [1.82, 2.24) is 14.9 Å². The number of aromatic nitrogens is 2. The average Bonchev–Trinajstić information content (AvgIpc) is 2.56. The quantitative estimate of drug-likeness (QED) is 0.807. The normalized spacial score (nSPS) is 18.7. The average molecular weight is 360 g/mol. The van der Waals surface area contributed by atoms with E-state index in [4.69, 9.17) is 4.74 Å². The molecule has 0 bridgehead atoms. The first-order chi connectivity index (χ1) is 12.2. The Balaban J connectivity index is 1.59. The molecule has 1 aromatic rings. The Morgan fingerprint density at radius 2 is 1.96 bits per heavy atom. The molecule has 1 amide bonds. The molecule has 0 radical (unpaired) electrons. The van der Waals surface area contributed by atoms with Gasteiger partial charge in [-0.25, -0.2) is 14.8 Å². The van der Waals surface area contributed by atoms with Crippen molar-refractivity contribution in [2.75, 3.05) is 31.1 Å². The summed E-state index contributed by atoms with van der Waals surface area (Å²) >= 11 is 0. The lowest BCUT2D eigenvalue weighted by Crippen LogP contribution is -2.44. The van der Waals surface area contributed by atoms with Crippen LogP contribution in [0.1, 0.15) is 56.2 Å². The molecular formula is C19H28N4O3. The van der Waals surface area contributed by atoms with Crippen molar-refractivity contribution in [2.45, 2.75) is 52.6 Å². The number of piperidine rings is 1. The molecule has 0 N–H and O–H groups in total. The summed E-state index contributed by atoms with van der Waals surface area (Å²) in [7, 11) is 0. The lowest BCUT2D eigenvalue weighted by atomic mass is 9.95. The third-order valence-corrected chi connectivity index (χ3v) is 4.84. The maximum atomic E-state index is 12.2. The second kappa shape index (κ2) is 7.21. The third kappa shape index (κ3) is 4.31. The summed E-state index contributed by atoms with van der Waals surface area (Å²) in [5.74, 6) is 2.05. The minimum atomic E-state index is -0.463. The van der Waals surface area contributed by atoms with Gasteiger partial charge in [-0.3, -0.25) is 4.79 Å². The molecule has 0 aromatic carbocycles. The van der Waals surface area contributed by atoms with Crippen LogP contribution in [0, 0.1) is 12.8 Å². The van der Waals surface area contributed by atoms with Crippen LogP contribution < -0.4 is 4.90 Å². The first kappa shape index (κ1) is 18.6. The fourth-order valence-corrected chi connectivity index (χ4v) is 3.49. The number of rotatable bonds is 2. The lowest BCUT2D eigenvalue weighted by Gasteiger charge is -2.37. The zero-order chi connectivity index (χ0) is 18.9. The maximum absolute atomic E-state index is 12.2. The van der Waals surface area contributed by atoms with E-state index in [0.29, 0.717) is 43.4 Å². The van der Waals surface area contributed by atoms with Crippen molar-refractivity contribution in [3.8, 4) is 0 Å². The molecule has 0 unspecified atom stereocenters. The van der Waals surface area contributed by atoms with Crippen LogP contribution in [0.4, 0.5) is 10.6 Å². The molecule has 142 valence electrons. The van der Waals surface area contributed by atoms with E-state index in [9.17, 15) is 9.59 Å². The molecule has 0 spiro atoms. The van der Waals surface area contributed by atoms with Crippen molar-refractivity contribution in [2.24, 2.45) is 5.92 Å². The van der Waals surface area contributed by atoms with Gasteiger partial charge in [0.25, 0.3) is 0 Å². The molecule has 2 aliphatic rings. The highest BCUT2D eigenvalue weighted by atomic mass is 16.6. The number of amides is 1. The van der Waals surface area contributed by atoms with Crippen LogP contribution in [0.25, 0.3) is 0 Å². The first-order valence-electron chi connectivity index (χ1n) is 9.32. The summed E-state index contributed by atoms with van der Waals surface area (Å²) in [4.78, 5) is 37.0. The zero-order valence-electron chi connectivity index (χ0n) is 16.1. The summed E-state index contributed by atoms with van der Waals surface area (Å²) in [6.07, 6.45) is 3.80. The van der Waals surface area contributed by atoms with E-state index in [-0.39, 0.29) is 11.9 Å². The summed E-state index contributed by atoms with van der Waals surface area (Å²) in [5, 5.41) is 0. The van der Waals surface area contributed by atoms with Crippen LogP contribution in [0.2, 0.25) is 0 Å². The number of likely N-dealkylation sites (tertiary alicyclic amines) is 1. The van der Waals surface area contributed by atoms with Crippen LogP contribution in [-0.4, -0.2) is 58.5 Å². The Bertz CT molecular complexity index is 691. The van der Waals surface area contributed by atoms with Crippen molar-refractivity contribution in [3.63, 3.8) is 0 Å². The van der Waals surface area contributed by atoms with Crippen LogP contribution in [0.15, 0.2) is 6.20 Å². The molecule has 2 aliphatic heterocycles. The molecule has 0 aliphatic carbocycles. The number of nitrogens with zero attached hydrogens (tertiary/aromatic N) is 4. The summed E-state index contributed by atoms with van der Waals surface area (Å²) < 4.78 is 5.46. The van der Waals surface area contributed by atoms with Crippen molar-refractivity contribution >= 4 is 17.7 Å². The van der Waals surface area contributed by atoms with Gasteiger partial charge in [0, 0.05) is 38.8 Å². The van der Waals surface area contributed by atoms with Gasteiger partial charge >= 0.3 is 6.09 Å². The second-order valence-corrected chi connectivity index (χ2v) is 8.18. The predicted octanol–water partition coefficient (Wildman–Crippen LogP) is 2.82. The summed E-state index contributed by atoms with van der Waals surface area (Å²) in [6, 6.07) is 0. The Hall–Kier alpha value is -2.18. The van der Waals surface area contributed by atoms with E-state index in [0.717, 1.165) is 25.2 Å². The molecule has 1 aromatic heterocycles. The minimum absolute atomic E-state index is 0.121.